The van der Waals surface area contributed by atoms with Crippen molar-refractivity contribution < 1.29 is 9.59 Å². The van der Waals surface area contributed by atoms with E-state index in [1.165, 1.54) is 12.8 Å². The van der Waals surface area contributed by atoms with Gasteiger partial charge in [-0.25, -0.2) is 4.68 Å². The molecule has 1 saturated carbocycles. The van der Waals surface area contributed by atoms with E-state index in [1.54, 1.807) is 4.68 Å². The Labute approximate surface area is 207 Å². The van der Waals surface area contributed by atoms with Gasteiger partial charge in [0.15, 0.2) is 0 Å². The first-order chi connectivity index (χ1) is 17.1. The fourth-order valence-electron chi connectivity index (χ4n) is 5.38. The number of rotatable bonds is 6. The van der Waals surface area contributed by atoms with E-state index >= 15 is 0 Å². The van der Waals surface area contributed by atoms with Crippen LogP contribution in [-0.4, -0.2) is 45.6 Å². The lowest BCUT2D eigenvalue weighted by molar-refractivity contribution is -0.123. The van der Waals surface area contributed by atoms with E-state index in [9.17, 15) is 9.59 Å². The molecular weight excluding hydrogens is 436 g/mol. The number of aromatic nitrogens is 2. The Morgan fingerprint density at radius 2 is 1.71 bits per heavy atom. The predicted octanol–water partition coefficient (Wildman–Crippen LogP) is 5.15. The summed E-state index contributed by atoms with van der Waals surface area (Å²) in [6, 6.07) is 18.4. The maximum atomic E-state index is 13.7. The number of hydrogen-bond acceptors (Lipinski definition) is 3. The van der Waals surface area contributed by atoms with Crippen molar-refractivity contribution in [3.63, 3.8) is 0 Å². The Hall–Kier alpha value is -3.41. The maximum absolute atomic E-state index is 13.7. The molecule has 0 radical (unpaired) electrons. The van der Waals surface area contributed by atoms with E-state index in [0.29, 0.717) is 42.7 Å². The Kier molecular flexibility index (Phi) is 6.98. The summed E-state index contributed by atoms with van der Waals surface area (Å²) in [5, 5.41) is 8.03. The summed E-state index contributed by atoms with van der Waals surface area (Å²) < 4.78 is 1.80. The van der Waals surface area contributed by atoms with Gasteiger partial charge in [0.2, 0.25) is 5.91 Å². The first kappa shape index (κ1) is 23.3. The van der Waals surface area contributed by atoms with Crippen LogP contribution in [0.15, 0.2) is 60.8 Å². The van der Waals surface area contributed by atoms with Gasteiger partial charge in [-0.1, -0.05) is 54.8 Å². The molecule has 0 atom stereocenters. The summed E-state index contributed by atoms with van der Waals surface area (Å²) in [6.45, 7) is 3.39. The fraction of sp³-hybridized carbons (Fsp3) is 0.414. The number of nitrogens with one attached hydrogen (secondary N) is 1. The number of benzene rings is 2. The molecular formula is C29H34N4O2. The van der Waals surface area contributed by atoms with Crippen molar-refractivity contribution in [1.29, 1.82) is 0 Å². The Balaban J connectivity index is 1.30. The molecule has 6 nitrogen and oxygen atoms in total. The lowest BCUT2D eigenvalue weighted by atomic mass is 9.92. The van der Waals surface area contributed by atoms with Crippen LogP contribution in [0, 0.1) is 12.8 Å². The van der Waals surface area contributed by atoms with Gasteiger partial charge in [-0.15, -0.1) is 0 Å². The Morgan fingerprint density at radius 1 is 0.971 bits per heavy atom. The molecule has 1 N–H and O–H groups in total. The van der Waals surface area contributed by atoms with E-state index in [-0.39, 0.29) is 11.8 Å². The molecule has 0 bridgehead atoms. The summed E-state index contributed by atoms with van der Waals surface area (Å²) >= 11 is 0. The molecule has 2 heterocycles. The third-order valence-corrected chi connectivity index (χ3v) is 7.35. The van der Waals surface area contributed by atoms with Crippen LogP contribution in [0.5, 0.6) is 0 Å². The van der Waals surface area contributed by atoms with Gasteiger partial charge < -0.3 is 10.2 Å². The molecule has 1 saturated heterocycles. The summed E-state index contributed by atoms with van der Waals surface area (Å²) in [7, 11) is 0. The first-order valence-electron chi connectivity index (χ1n) is 12.9. The molecule has 2 aromatic carbocycles. The molecule has 2 aliphatic rings. The monoisotopic (exact) mass is 470 g/mol. The molecule has 2 amide bonds. The van der Waals surface area contributed by atoms with Crippen LogP contribution in [0.2, 0.25) is 0 Å². The van der Waals surface area contributed by atoms with Crippen molar-refractivity contribution in [3.8, 4) is 16.9 Å². The molecule has 1 aliphatic carbocycles. The number of aryl methyl sites for hydroxylation is 1. The van der Waals surface area contributed by atoms with Crippen LogP contribution >= 0.6 is 0 Å². The number of carbonyl (C=O) groups excluding carboxylic acids is 2. The number of para-hydroxylation sites is 1. The average molecular weight is 471 g/mol. The minimum atomic E-state index is 0.0116. The zero-order chi connectivity index (χ0) is 24.2. The van der Waals surface area contributed by atoms with Crippen molar-refractivity contribution in [2.24, 2.45) is 5.92 Å². The largest absolute Gasteiger partial charge is 0.353 e. The van der Waals surface area contributed by atoms with Gasteiger partial charge in [0.25, 0.3) is 5.91 Å². The standard InChI is InChI=1S/C29H34N4O2/c1-21-8-7-9-23(18-21)28-26(20-33(31-28)25-12-3-2-4-13-25)29(35)32-16-14-22(15-17-32)19-27(34)30-24-10-5-6-11-24/h2-4,7-9,12-13,18,20,22,24H,5-6,10-11,14-17,19H2,1H3,(H,30,34). The molecule has 5 rings (SSSR count). The zero-order valence-corrected chi connectivity index (χ0v) is 20.5. The third kappa shape index (κ3) is 5.47. The van der Waals surface area contributed by atoms with Crippen molar-refractivity contribution >= 4 is 11.8 Å². The van der Waals surface area contributed by atoms with Crippen LogP contribution in [-0.2, 0) is 4.79 Å². The number of nitrogens with zero attached hydrogens (tertiary/aromatic N) is 3. The van der Waals surface area contributed by atoms with Crippen LogP contribution in [0.4, 0.5) is 0 Å². The van der Waals surface area contributed by atoms with Gasteiger partial charge in [-0.3, -0.25) is 9.59 Å². The average Bonchev–Trinajstić information content (AvgIpc) is 3.55. The zero-order valence-electron chi connectivity index (χ0n) is 20.5. The number of carbonyl (C=O) groups is 2. The second-order valence-corrected chi connectivity index (χ2v) is 10.0. The van der Waals surface area contributed by atoms with E-state index < -0.39 is 0 Å². The van der Waals surface area contributed by atoms with Gasteiger partial charge in [0.1, 0.15) is 5.69 Å². The van der Waals surface area contributed by atoms with Gasteiger partial charge in [0.05, 0.1) is 11.3 Å². The smallest absolute Gasteiger partial charge is 0.257 e. The van der Waals surface area contributed by atoms with Crippen molar-refractivity contribution in [3.05, 3.63) is 71.9 Å². The second kappa shape index (κ2) is 10.5. The van der Waals surface area contributed by atoms with Gasteiger partial charge >= 0.3 is 0 Å². The molecule has 0 spiro atoms. The fourth-order valence-corrected chi connectivity index (χ4v) is 5.38. The Morgan fingerprint density at radius 3 is 2.43 bits per heavy atom. The highest BCUT2D eigenvalue weighted by Crippen LogP contribution is 2.28. The second-order valence-electron chi connectivity index (χ2n) is 10.0. The van der Waals surface area contributed by atoms with Crippen LogP contribution in [0.3, 0.4) is 0 Å². The van der Waals surface area contributed by atoms with Crippen molar-refractivity contribution in [1.82, 2.24) is 20.0 Å². The summed E-state index contributed by atoms with van der Waals surface area (Å²) in [5.41, 5.74) is 4.33. The molecule has 1 aromatic heterocycles. The van der Waals surface area contributed by atoms with Crippen molar-refractivity contribution in [2.45, 2.75) is 57.9 Å². The SMILES string of the molecule is Cc1cccc(-c2nn(-c3ccccc3)cc2C(=O)N2CCC(CC(=O)NC3CCCC3)CC2)c1. The van der Waals surface area contributed by atoms with E-state index in [2.05, 4.69) is 11.4 Å². The molecule has 0 unspecified atom stereocenters. The topological polar surface area (TPSA) is 67.2 Å². The molecule has 35 heavy (non-hydrogen) atoms. The molecule has 1 aliphatic heterocycles. The Bertz CT molecular complexity index is 1170. The molecule has 2 fully saturated rings. The van der Waals surface area contributed by atoms with E-state index in [4.69, 9.17) is 5.10 Å². The minimum Gasteiger partial charge on any atom is -0.353 e. The third-order valence-electron chi connectivity index (χ3n) is 7.35. The van der Waals surface area contributed by atoms with Crippen LogP contribution < -0.4 is 5.32 Å². The summed E-state index contributed by atoms with van der Waals surface area (Å²) in [6.07, 6.45) is 8.80. The first-order valence-corrected chi connectivity index (χ1v) is 12.9. The van der Waals surface area contributed by atoms with Gasteiger partial charge in [-0.05, 0) is 56.7 Å². The summed E-state index contributed by atoms with van der Waals surface area (Å²) in [5.74, 6) is 0.522. The number of piperidine rings is 1. The van der Waals surface area contributed by atoms with Crippen LogP contribution in [0.25, 0.3) is 16.9 Å². The summed E-state index contributed by atoms with van der Waals surface area (Å²) in [4.78, 5) is 28.1. The van der Waals surface area contributed by atoms with Gasteiger partial charge in [0, 0.05) is 37.3 Å². The number of likely N-dealkylation sites (tertiary alicyclic amines) is 1. The maximum Gasteiger partial charge on any atom is 0.257 e. The van der Waals surface area contributed by atoms with Crippen molar-refractivity contribution in [2.75, 3.05) is 13.1 Å². The highest BCUT2D eigenvalue weighted by atomic mass is 16.2. The minimum absolute atomic E-state index is 0.0116. The highest BCUT2D eigenvalue weighted by Gasteiger charge is 2.29. The number of amides is 2. The molecule has 182 valence electrons. The van der Waals surface area contributed by atoms with Crippen LogP contribution in [0.1, 0.15) is 60.9 Å². The van der Waals surface area contributed by atoms with E-state index in [0.717, 1.165) is 42.5 Å². The quantitative estimate of drug-likeness (QED) is 0.542. The molecule has 6 heteroatoms. The normalized spacial score (nSPS) is 17.0. The molecule has 3 aromatic rings. The van der Waals surface area contributed by atoms with E-state index in [1.807, 2.05) is 66.6 Å². The lowest BCUT2D eigenvalue weighted by Crippen LogP contribution is -2.40. The van der Waals surface area contributed by atoms with Gasteiger partial charge in [-0.2, -0.15) is 5.10 Å². The number of hydrogen-bond donors (Lipinski definition) is 1. The highest BCUT2D eigenvalue weighted by molar-refractivity contribution is 6.00. The predicted molar refractivity (Wildman–Crippen MR) is 137 cm³/mol. The lowest BCUT2D eigenvalue weighted by Gasteiger charge is -2.32.